The zero-order valence-electron chi connectivity index (χ0n) is 26.8. The van der Waals surface area contributed by atoms with Gasteiger partial charge in [-0.25, -0.2) is 8.78 Å². The number of halogens is 2. The number of hydrogen-bond acceptors (Lipinski definition) is 0. The Morgan fingerprint density at radius 2 is 0.717 bits per heavy atom. The minimum atomic E-state index is -1.22. The van der Waals surface area contributed by atoms with E-state index in [1.165, 1.54) is 86.1 Å². The summed E-state index contributed by atoms with van der Waals surface area (Å²) in [6.07, 6.45) is 11.8. The molecule has 0 bridgehead atoms. The van der Waals surface area contributed by atoms with E-state index in [9.17, 15) is 8.78 Å². The molecular formula is C42H46BF2P. The average Bonchev–Trinajstić information content (AvgIpc) is 3.12. The van der Waals surface area contributed by atoms with Gasteiger partial charge in [0.1, 0.15) is 17.8 Å². The van der Waals surface area contributed by atoms with Crippen molar-refractivity contribution in [1.29, 1.82) is 0 Å². The zero-order chi connectivity index (χ0) is 31.6. The fraction of sp³-hybridized carbons (Fsp3) is 0.286. The van der Waals surface area contributed by atoms with Crippen LogP contribution in [0.2, 0.25) is 0 Å². The van der Waals surface area contributed by atoms with Gasteiger partial charge >= 0.3 is 0 Å². The number of hydrogen-bond donors (Lipinski definition) is 0. The molecule has 2 saturated carbocycles. The van der Waals surface area contributed by atoms with Gasteiger partial charge in [0.05, 0.1) is 16.6 Å². The summed E-state index contributed by atoms with van der Waals surface area (Å²) in [6, 6.07) is 47.8. The molecule has 0 nitrogen and oxygen atoms in total. The number of rotatable bonds is 7. The minimum Gasteiger partial charge on any atom is -0.207 e. The van der Waals surface area contributed by atoms with Crippen LogP contribution in [0.1, 0.15) is 64.2 Å². The summed E-state index contributed by atoms with van der Waals surface area (Å²) in [6.45, 7) is 0. The van der Waals surface area contributed by atoms with Crippen LogP contribution in [0.15, 0.2) is 140 Å². The summed E-state index contributed by atoms with van der Waals surface area (Å²) in [5.74, 6) is -0.779. The van der Waals surface area contributed by atoms with Crippen molar-refractivity contribution >= 4 is 41.2 Å². The lowest BCUT2D eigenvalue weighted by atomic mass is 9.13. The Kier molecular flexibility index (Phi) is 11.2. The Bertz CT molecular complexity index is 1410. The summed E-state index contributed by atoms with van der Waals surface area (Å²) in [5, 5.41) is 1.02. The van der Waals surface area contributed by atoms with Gasteiger partial charge in [0.15, 0.2) is 0 Å². The monoisotopic (exact) mass is 630 g/mol. The molecule has 46 heavy (non-hydrogen) atoms. The molecule has 2 fully saturated rings. The topological polar surface area (TPSA) is 0 Å². The Morgan fingerprint density at radius 3 is 1.02 bits per heavy atom. The highest BCUT2D eigenvalue weighted by molar-refractivity contribution is 7.67. The van der Waals surface area contributed by atoms with E-state index in [0.717, 1.165) is 22.7 Å². The van der Waals surface area contributed by atoms with Crippen LogP contribution in [0.3, 0.4) is 0 Å². The van der Waals surface area contributed by atoms with Gasteiger partial charge in [-0.3, -0.25) is 0 Å². The molecule has 0 aliphatic heterocycles. The Hall–Kier alpha value is -3.55. The lowest BCUT2D eigenvalue weighted by Gasteiger charge is -2.44. The Morgan fingerprint density at radius 1 is 0.413 bits per heavy atom. The third-order valence-electron chi connectivity index (χ3n) is 10.5. The summed E-state index contributed by atoms with van der Waals surface area (Å²) >= 11 is 0. The maximum atomic E-state index is 13.7. The molecule has 5 aromatic carbocycles. The summed E-state index contributed by atoms with van der Waals surface area (Å²) < 4.78 is 27.4. The van der Waals surface area contributed by atoms with Crippen molar-refractivity contribution in [3.63, 3.8) is 0 Å². The van der Waals surface area contributed by atoms with Crippen molar-refractivity contribution < 1.29 is 8.78 Å². The lowest BCUT2D eigenvalue weighted by Crippen LogP contribution is -2.74. The predicted molar refractivity (Wildman–Crippen MR) is 198 cm³/mol. The second-order valence-electron chi connectivity index (χ2n) is 13.3. The van der Waals surface area contributed by atoms with Gasteiger partial charge in [0.2, 0.25) is 0 Å². The van der Waals surface area contributed by atoms with Gasteiger partial charge in [-0.2, -0.15) is 21.9 Å². The van der Waals surface area contributed by atoms with E-state index >= 15 is 0 Å². The summed E-state index contributed by atoms with van der Waals surface area (Å²) in [7, 11) is -0.848. The van der Waals surface area contributed by atoms with Crippen molar-refractivity contribution in [2.24, 2.45) is 0 Å². The van der Waals surface area contributed by atoms with Gasteiger partial charge in [-0.05, 0) is 51.4 Å². The smallest absolute Gasteiger partial charge is 0.130 e. The van der Waals surface area contributed by atoms with Crippen molar-refractivity contribution in [3.8, 4) is 0 Å². The third-order valence-corrected chi connectivity index (χ3v) is 14.4. The lowest BCUT2D eigenvalue weighted by molar-refractivity contribution is 0.486. The SMILES string of the molecule is Fc1cc(F)cc([PH+](C2CCCCC2)C2CCCCC2)c1.c1ccc([B-](c2ccccc2)(c2ccccc2)c2ccccc2)cc1. The van der Waals surface area contributed by atoms with Gasteiger partial charge < -0.3 is 0 Å². The molecule has 0 radical (unpaired) electrons. The average molecular weight is 631 g/mol. The maximum Gasteiger partial charge on any atom is 0.130 e. The van der Waals surface area contributed by atoms with Crippen LogP contribution in [0, 0.1) is 11.6 Å². The highest BCUT2D eigenvalue weighted by Gasteiger charge is 2.39. The quantitative estimate of drug-likeness (QED) is 0.125. The molecule has 0 N–H and O–H groups in total. The zero-order valence-corrected chi connectivity index (χ0v) is 27.8. The van der Waals surface area contributed by atoms with Crippen molar-refractivity contribution in [2.75, 3.05) is 0 Å². The second kappa shape index (κ2) is 15.8. The molecule has 4 heteroatoms. The van der Waals surface area contributed by atoms with E-state index < -0.39 is 14.1 Å². The molecule has 7 rings (SSSR count). The van der Waals surface area contributed by atoms with Crippen LogP contribution in [0.5, 0.6) is 0 Å². The van der Waals surface area contributed by atoms with Gasteiger partial charge in [0.25, 0.3) is 0 Å². The molecule has 2 aliphatic carbocycles. The Balaban J connectivity index is 0.000000164. The normalized spacial score (nSPS) is 16.1. The van der Waals surface area contributed by atoms with Crippen LogP contribution in [-0.2, 0) is 0 Å². The first kappa shape index (κ1) is 32.4. The standard InChI is InChI=1S/C24H20B.C18H25F2P/c1-5-13-21(14-6-1)25(22-15-7-2-8-16-22,23-17-9-3-10-18-23)24-19-11-4-12-20-24;19-14-11-15(20)13-18(12-14)21(16-7-3-1-4-8-16)17-9-5-2-6-10-17/h1-20H;11-13,16-17H,1-10H2/q-1;/p+1. The second-order valence-corrected chi connectivity index (χ2v) is 16.4. The van der Waals surface area contributed by atoms with Crippen molar-refractivity contribution in [2.45, 2.75) is 75.5 Å². The molecule has 0 saturated heterocycles. The molecule has 0 unspecified atom stereocenters. The van der Waals surface area contributed by atoms with Gasteiger partial charge in [-0.15, -0.1) is 0 Å². The van der Waals surface area contributed by atoms with E-state index in [-0.39, 0.29) is 11.6 Å². The van der Waals surface area contributed by atoms with Crippen LogP contribution in [-0.4, -0.2) is 17.5 Å². The molecule has 5 aromatic rings. The summed E-state index contributed by atoms with van der Waals surface area (Å²) in [4.78, 5) is 0. The molecule has 0 amide bonds. The van der Waals surface area contributed by atoms with Crippen LogP contribution >= 0.6 is 7.92 Å². The summed E-state index contributed by atoms with van der Waals surface area (Å²) in [5.41, 5.74) is 6.82. The highest BCUT2D eigenvalue weighted by Crippen LogP contribution is 2.54. The first-order valence-corrected chi connectivity index (χ1v) is 19.0. The predicted octanol–water partition coefficient (Wildman–Crippen LogP) is 8.53. The maximum absolute atomic E-state index is 13.7. The molecule has 0 aromatic heterocycles. The van der Waals surface area contributed by atoms with Crippen molar-refractivity contribution in [1.82, 2.24) is 0 Å². The Labute approximate surface area is 276 Å². The number of benzene rings is 5. The minimum absolute atomic E-state index is 0.390. The molecular weight excluding hydrogens is 584 g/mol. The van der Waals surface area contributed by atoms with E-state index in [0.29, 0.717) is 0 Å². The first-order valence-electron chi connectivity index (χ1n) is 17.4. The largest absolute Gasteiger partial charge is 0.207 e. The van der Waals surface area contributed by atoms with E-state index in [1.807, 2.05) is 0 Å². The third kappa shape index (κ3) is 7.37. The molecule has 0 spiro atoms. The van der Waals surface area contributed by atoms with E-state index in [1.54, 1.807) is 12.1 Å². The molecule has 2 aliphatic rings. The highest BCUT2D eigenvalue weighted by atomic mass is 31.1. The van der Waals surface area contributed by atoms with E-state index in [2.05, 4.69) is 121 Å². The van der Waals surface area contributed by atoms with Crippen LogP contribution in [0.25, 0.3) is 0 Å². The first-order chi connectivity index (χ1) is 22.7. The van der Waals surface area contributed by atoms with Gasteiger partial charge in [0, 0.05) is 26.1 Å². The van der Waals surface area contributed by atoms with E-state index in [4.69, 9.17) is 0 Å². The molecule has 0 atom stereocenters. The fourth-order valence-electron chi connectivity index (χ4n) is 8.47. The van der Waals surface area contributed by atoms with Gasteiger partial charge in [-0.1, -0.05) is 134 Å². The van der Waals surface area contributed by atoms with Crippen LogP contribution < -0.4 is 27.2 Å². The molecule has 0 heterocycles. The van der Waals surface area contributed by atoms with Crippen LogP contribution in [0.4, 0.5) is 8.78 Å². The van der Waals surface area contributed by atoms with Crippen molar-refractivity contribution in [3.05, 3.63) is 151 Å². The molecule has 236 valence electrons. The fourth-order valence-corrected chi connectivity index (χ4v) is 12.8.